The summed E-state index contributed by atoms with van der Waals surface area (Å²) in [5.41, 5.74) is 2.28. The Labute approximate surface area is 129 Å². The number of benzene rings is 2. The fraction of sp³-hybridized carbons (Fsp3) is 0.294. The molecule has 2 aromatic carbocycles. The highest BCUT2D eigenvalue weighted by molar-refractivity contribution is 6.32. The van der Waals surface area contributed by atoms with Crippen LogP contribution in [0, 0.1) is 0 Å². The van der Waals surface area contributed by atoms with E-state index in [2.05, 4.69) is 17.4 Å². The number of hydrogen-bond donors (Lipinski definition) is 1. The number of para-hydroxylation sites is 1. The van der Waals surface area contributed by atoms with Gasteiger partial charge in [0.05, 0.1) is 18.7 Å². The van der Waals surface area contributed by atoms with E-state index in [1.165, 1.54) is 5.56 Å². The molecular weight excluding hydrogens is 286 g/mol. The van der Waals surface area contributed by atoms with Crippen molar-refractivity contribution in [1.82, 2.24) is 0 Å². The number of fused-ring (bicyclic) bond motifs is 1. The fourth-order valence-electron chi connectivity index (χ4n) is 2.65. The van der Waals surface area contributed by atoms with E-state index in [-0.39, 0.29) is 0 Å². The van der Waals surface area contributed by atoms with E-state index in [0.717, 1.165) is 31.0 Å². The van der Waals surface area contributed by atoms with Crippen molar-refractivity contribution in [2.75, 3.05) is 25.6 Å². The molecule has 0 saturated heterocycles. The third-order valence-corrected chi connectivity index (χ3v) is 4.08. The summed E-state index contributed by atoms with van der Waals surface area (Å²) in [5.74, 6) is 2.15. The summed E-state index contributed by atoms with van der Waals surface area (Å²) in [7, 11) is 1.62. The number of halogens is 1. The van der Waals surface area contributed by atoms with Crippen LogP contribution in [0.2, 0.25) is 5.02 Å². The minimum Gasteiger partial charge on any atom is -0.495 e. The molecule has 2 aromatic rings. The average molecular weight is 304 g/mol. The topological polar surface area (TPSA) is 30.5 Å². The number of methoxy groups -OCH3 is 1. The van der Waals surface area contributed by atoms with Crippen LogP contribution in [0.25, 0.3) is 0 Å². The number of hydrogen-bond acceptors (Lipinski definition) is 3. The van der Waals surface area contributed by atoms with E-state index in [9.17, 15) is 0 Å². The lowest BCUT2D eigenvalue weighted by molar-refractivity contribution is 0.270. The van der Waals surface area contributed by atoms with Crippen molar-refractivity contribution in [3.63, 3.8) is 0 Å². The zero-order chi connectivity index (χ0) is 14.7. The van der Waals surface area contributed by atoms with E-state index < -0.39 is 0 Å². The molecule has 0 spiro atoms. The second-order valence-electron chi connectivity index (χ2n) is 5.10. The monoisotopic (exact) mass is 303 g/mol. The lowest BCUT2D eigenvalue weighted by atomic mass is 9.93. The van der Waals surface area contributed by atoms with Gasteiger partial charge in [0, 0.05) is 18.2 Å². The largest absolute Gasteiger partial charge is 0.495 e. The van der Waals surface area contributed by atoms with Gasteiger partial charge in [-0.15, -0.1) is 0 Å². The first-order valence-corrected chi connectivity index (χ1v) is 7.45. The van der Waals surface area contributed by atoms with Crippen molar-refractivity contribution in [2.24, 2.45) is 0 Å². The van der Waals surface area contributed by atoms with E-state index >= 15 is 0 Å². The Morgan fingerprint density at radius 2 is 2.14 bits per heavy atom. The molecule has 1 N–H and O–H groups in total. The number of ether oxygens (including phenoxy) is 2. The molecule has 3 rings (SSSR count). The van der Waals surface area contributed by atoms with Crippen molar-refractivity contribution < 1.29 is 9.47 Å². The first kappa shape index (κ1) is 14.1. The zero-order valence-electron chi connectivity index (χ0n) is 11.9. The summed E-state index contributed by atoms with van der Waals surface area (Å²) < 4.78 is 10.9. The molecule has 0 aromatic heterocycles. The Hall–Kier alpha value is -1.87. The predicted octanol–water partition coefficient (Wildman–Crippen LogP) is 4.33. The van der Waals surface area contributed by atoms with E-state index in [1.54, 1.807) is 7.11 Å². The van der Waals surface area contributed by atoms with E-state index in [0.29, 0.717) is 16.7 Å². The Morgan fingerprint density at radius 1 is 1.29 bits per heavy atom. The number of nitrogens with one attached hydrogen (secondary N) is 1. The van der Waals surface area contributed by atoms with Crippen molar-refractivity contribution in [1.29, 1.82) is 0 Å². The van der Waals surface area contributed by atoms with Gasteiger partial charge in [-0.2, -0.15) is 0 Å². The predicted molar refractivity (Wildman–Crippen MR) is 85.8 cm³/mol. The molecular formula is C17H18ClNO2. The smallest absolute Gasteiger partial charge is 0.137 e. The maximum Gasteiger partial charge on any atom is 0.137 e. The van der Waals surface area contributed by atoms with Crippen LogP contribution in [0.5, 0.6) is 11.5 Å². The molecule has 0 aliphatic carbocycles. The Morgan fingerprint density at radius 3 is 2.95 bits per heavy atom. The molecule has 1 atom stereocenters. The van der Waals surface area contributed by atoms with Crippen LogP contribution >= 0.6 is 11.6 Å². The Bertz CT molecular complexity index is 630. The molecule has 110 valence electrons. The summed E-state index contributed by atoms with van der Waals surface area (Å²) in [5, 5.41) is 4.07. The molecule has 0 saturated carbocycles. The van der Waals surface area contributed by atoms with Crippen LogP contribution in [0.15, 0.2) is 42.5 Å². The zero-order valence-corrected chi connectivity index (χ0v) is 12.7. The maximum atomic E-state index is 6.15. The van der Waals surface area contributed by atoms with E-state index in [4.69, 9.17) is 21.1 Å². The van der Waals surface area contributed by atoms with Crippen LogP contribution < -0.4 is 14.8 Å². The van der Waals surface area contributed by atoms with Crippen LogP contribution in [0.3, 0.4) is 0 Å². The average Bonchev–Trinajstić information content (AvgIpc) is 2.53. The molecule has 1 aliphatic heterocycles. The Balaban J connectivity index is 1.70. The van der Waals surface area contributed by atoms with Gasteiger partial charge in [-0.3, -0.25) is 0 Å². The van der Waals surface area contributed by atoms with Gasteiger partial charge in [-0.25, -0.2) is 0 Å². The summed E-state index contributed by atoms with van der Waals surface area (Å²) >= 11 is 6.15. The highest BCUT2D eigenvalue weighted by atomic mass is 35.5. The molecule has 21 heavy (non-hydrogen) atoms. The van der Waals surface area contributed by atoms with Crippen molar-refractivity contribution in [2.45, 2.75) is 12.3 Å². The number of rotatable bonds is 4. The van der Waals surface area contributed by atoms with Crippen molar-refractivity contribution in [3.05, 3.63) is 53.1 Å². The van der Waals surface area contributed by atoms with Crippen molar-refractivity contribution >= 4 is 17.3 Å². The second kappa shape index (κ2) is 6.27. The van der Waals surface area contributed by atoms with Gasteiger partial charge in [0.25, 0.3) is 0 Å². The molecule has 1 aliphatic rings. The van der Waals surface area contributed by atoms with Crippen LogP contribution in [-0.4, -0.2) is 20.3 Å². The summed E-state index contributed by atoms with van der Waals surface area (Å²) in [6.45, 7) is 1.63. The maximum absolute atomic E-state index is 6.15. The first-order valence-electron chi connectivity index (χ1n) is 7.07. The van der Waals surface area contributed by atoms with Gasteiger partial charge in [0.15, 0.2) is 0 Å². The first-order chi connectivity index (χ1) is 10.3. The molecule has 1 unspecified atom stereocenters. The fourth-order valence-corrected chi connectivity index (χ4v) is 2.90. The van der Waals surface area contributed by atoms with Crippen molar-refractivity contribution in [3.8, 4) is 11.5 Å². The van der Waals surface area contributed by atoms with Gasteiger partial charge in [-0.1, -0.05) is 29.8 Å². The summed E-state index contributed by atoms with van der Waals surface area (Å²) in [6, 6.07) is 14.0. The minimum atomic E-state index is 0.454. The van der Waals surface area contributed by atoms with Crippen LogP contribution in [0.4, 0.5) is 5.69 Å². The Kier molecular flexibility index (Phi) is 4.20. The van der Waals surface area contributed by atoms with Crippen LogP contribution in [0.1, 0.15) is 17.9 Å². The van der Waals surface area contributed by atoms with Gasteiger partial charge in [0.2, 0.25) is 0 Å². The lowest BCUT2D eigenvalue weighted by Crippen LogP contribution is -2.20. The van der Waals surface area contributed by atoms with Gasteiger partial charge in [0.1, 0.15) is 11.5 Å². The molecule has 3 nitrogen and oxygen atoms in total. The number of anilines is 1. The third-order valence-electron chi connectivity index (χ3n) is 3.79. The lowest BCUT2D eigenvalue weighted by Gasteiger charge is -2.26. The minimum absolute atomic E-state index is 0.454. The quantitative estimate of drug-likeness (QED) is 0.912. The third kappa shape index (κ3) is 3.08. The second-order valence-corrected chi connectivity index (χ2v) is 5.51. The van der Waals surface area contributed by atoms with E-state index in [1.807, 2.05) is 30.3 Å². The van der Waals surface area contributed by atoms with Crippen LogP contribution in [-0.2, 0) is 0 Å². The standard InChI is InChI=1S/C17H18ClNO2/c1-20-17-7-6-13(10-15(17)18)19-11-12-8-9-21-16-5-3-2-4-14(12)16/h2-7,10,12,19H,8-9,11H2,1H3. The summed E-state index contributed by atoms with van der Waals surface area (Å²) in [6.07, 6.45) is 1.02. The highest BCUT2D eigenvalue weighted by Gasteiger charge is 2.20. The molecule has 0 bridgehead atoms. The molecule has 1 heterocycles. The molecule has 0 amide bonds. The molecule has 0 radical (unpaired) electrons. The summed E-state index contributed by atoms with van der Waals surface area (Å²) in [4.78, 5) is 0. The normalized spacial score (nSPS) is 16.8. The van der Waals surface area contributed by atoms with Gasteiger partial charge in [-0.05, 0) is 36.2 Å². The molecule has 0 fully saturated rings. The molecule has 4 heteroatoms. The van der Waals surface area contributed by atoms with Gasteiger partial charge >= 0.3 is 0 Å². The SMILES string of the molecule is COc1ccc(NCC2CCOc3ccccc32)cc1Cl. The highest BCUT2D eigenvalue weighted by Crippen LogP contribution is 2.34. The van der Waals surface area contributed by atoms with Gasteiger partial charge < -0.3 is 14.8 Å².